The molecule has 1 aromatic carbocycles. The molecule has 1 aliphatic heterocycles. The zero-order valence-corrected chi connectivity index (χ0v) is 13.2. The molecule has 0 aromatic heterocycles. The van der Waals surface area contributed by atoms with Gasteiger partial charge >= 0.3 is 5.97 Å². The maximum Gasteiger partial charge on any atom is 0.330 e. The molecular formula is C16H18ClFO4. The summed E-state index contributed by atoms with van der Waals surface area (Å²) < 4.78 is 29.3. The molecule has 0 radical (unpaired) electrons. The number of rotatable bonds is 7. The van der Waals surface area contributed by atoms with Gasteiger partial charge in [-0.1, -0.05) is 11.6 Å². The van der Waals surface area contributed by atoms with Crippen molar-refractivity contribution in [2.45, 2.75) is 26.1 Å². The molecule has 0 amide bonds. The number of benzene rings is 1. The summed E-state index contributed by atoms with van der Waals surface area (Å²) in [5.41, 5.74) is 1.23. The van der Waals surface area contributed by atoms with E-state index in [0.29, 0.717) is 30.9 Å². The minimum atomic E-state index is -0.525. The van der Waals surface area contributed by atoms with E-state index in [4.69, 9.17) is 25.8 Å². The van der Waals surface area contributed by atoms with Gasteiger partial charge in [0, 0.05) is 6.08 Å². The lowest BCUT2D eigenvalue weighted by Crippen LogP contribution is -2.08. The molecule has 4 nitrogen and oxygen atoms in total. The topological polar surface area (TPSA) is 48.1 Å². The number of carbonyl (C=O) groups excluding carboxylic acids is 1. The molecule has 2 rings (SSSR count). The summed E-state index contributed by atoms with van der Waals surface area (Å²) in [6.07, 6.45) is 2.61. The summed E-state index contributed by atoms with van der Waals surface area (Å²) >= 11 is 5.82. The second kappa shape index (κ2) is 7.72. The molecule has 0 aliphatic carbocycles. The molecule has 2 atom stereocenters. The summed E-state index contributed by atoms with van der Waals surface area (Å²) in [4.78, 5) is 11.4. The van der Waals surface area contributed by atoms with Crippen molar-refractivity contribution in [2.24, 2.45) is 0 Å². The summed E-state index contributed by atoms with van der Waals surface area (Å²) in [6, 6.07) is 2.79. The Hall–Kier alpha value is -1.43. The molecule has 0 spiro atoms. The van der Waals surface area contributed by atoms with Crippen LogP contribution in [0.3, 0.4) is 0 Å². The molecule has 1 aliphatic rings. The van der Waals surface area contributed by atoms with Crippen LogP contribution < -0.4 is 0 Å². The Morgan fingerprint density at radius 2 is 2.32 bits per heavy atom. The van der Waals surface area contributed by atoms with Crippen LogP contribution in [-0.4, -0.2) is 31.9 Å². The number of ether oxygens (including phenoxy) is 3. The average Bonchev–Trinajstić information content (AvgIpc) is 3.30. The highest BCUT2D eigenvalue weighted by Gasteiger charge is 2.24. The third-order valence-electron chi connectivity index (χ3n) is 3.18. The van der Waals surface area contributed by atoms with E-state index in [1.807, 2.05) is 6.92 Å². The Morgan fingerprint density at radius 3 is 2.95 bits per heavy atom. The molecular weight excluding hydrogens is 311 g/mol. The van der Waals surface area contributed by atoms with Crippen molar-refractivity contribution in [1.29, 1.82) is 0 Å². The van der Waals surface area contributed by atoms with E-state index in [9.17, 15) is 9.18 Å². The molecule has 0 unspecified atom stereocenters. The molecule has 120 valence electrons. The lowest BCUT2D eigenvalue weighted by Gasteiger charge is -2.16. The Morgan fingerprint density at radius 1 is 1.59 bits per heavy atom. The van der Waals surface area contributed by atoms with Crippen molar-refractivity contribution >= 4 is 23.6 Å². The number of hydrogen-bond donors (Lipinski definition) is 0. The fourth-order valence-corrected chi connectivity index (χ4v) is 2.10. The van der Waals surface area contributed by atoms with Gasteiger partial charge in [0.15, 0.2) is 0 Å². The van der Waals surface area contributed by atoms with Crippen LogP contribution in [0.5, 0.6) is 0 Å². The van der Waals surface area contributed by atoms with Gasteiger partial charge in [0.1, 0.15) is 11.9 Å². The van der Waals surface area contributed by atoms with E-state index < -0.39 is 11.8 Å². The van der Waals surface area contributed by atoms with Gasteiger partial charge in [-0.2, -0.15) is 0 Å². The molecule has 0 saturated carbocycles. The monoisotopic (exact) mass is 328 g/mol. The first-order chi connectivity index (χ1) is 10.5. The van der Waals surface area contributed by atoms with Crippen molar-refractivity contribution in [3.8, 4) is 0 Å². The fourth-order valence-electron chi connectivity index (χ4n) is 1.93. The standard InChI is InChI=1S/C16H18ClFO4/c1-3-20-16(19)5-4-11-6-14(17)15(18)7-13(11)10(2)21-8-12-9-22-12/h4-7,10,12H,3,8-9H2,1-2H3/t10-,12+/m1/s1. The van der Waals surface area contributed by atoms with Crippen LogP contribution in [0.2, 0.25) is 5.02 Å². The average molecular weight is 329 g/mol. The maximum absolute atomic E-state index is 13.7. The second-order valence-corrected chi connectivity index (χ2v) is 5.32. The summed E-state index contributed by atoms with van der Waals surface area (Å²) in [5, 5.41) is -0.00927. The van der Waals surface area contributed by atoms with E-state index >= 15 is 0 Å². The Bertz CT molecular complexity index is 570. The second-order valence-electron chi connectivity index (χ2n) is 4.91. The van der Waals surface area contributed by atoms with Crippen LogP contribution in [0.4, 0.5) is 4.39 Å². The number of epoxide rings is 1. The van der Waals surface area contributed by atoms with Gasteiger partial charge in [0.2, 0.25) is 0 Å². The van der Waals surface area contributed by atoms with E-state index in [-0.39, 0.29) is 17.2 Å². The minimum Gasteiger partial charge on any atom is -0.463 e. The first kappa shape index (κ1) is 16.9. The highest BCUT2D eigenvalue weighted by atomic mass is 35.5. The molecule has 1 aromatic rings. The van der Waals surface area contributed by atoms with Crippen LogP contribution >= 0.6 is 11.6 Å². The summed E-state index contributed by atoms with van der Waals surface area (Å²) in [6.45, 7) is 4.97. The predicted molar refractivity (Wildman–Crippen MR) is 81.2 cm³/mol. The highest BCUT2D eigenvalue weighted by Crippen LogP contribution is 2.28. The van der Waals surface area contributed by atoms with Gasteiger partial charge in [-0.15, -0.1) is 0 Å². The van der Waals surface area contributed by atoms with E-state index in [0.717, 1.165) is 0 Å². The molecule has 0 bridgehead atoms. The first-order valence-electron chi connectivity index (χ1n) is 7.08. The number of hydrogen-bond acceptors (Lipinski definition) is 4. The van der Waals surface area contributed by atoms with Gasteiger partial charge in [0.05, 0.1) is 30.9 Å². The van der Waals surface area contributed by atoms with Crippen LogP contribution in [0.15, 0.2) is 18.2 Å². The smallest absolute Gasteiger partial charge is 0.330 e. The molecule has 0 N–H and O–H groups in total. The molecule has 6 heteroatoms. The van der Waals surface area contributed by atoms with E-state index in [2.05, 4.69) is 0 Å². The van der Waals surface area contributed by atoms with Gasteiger partial charge < -0.3 is 14.2 Å². The first-order valence-corrected chi connectivity index (χ1v) is 7.46. The van der Waals surface area contributed by atoms with Crippen LogP contribution in [-0.2, 0) is 19.0 Å². The van der Waals surface area contributed by atoms with Crippen molar-refractivity contribution in [1.82, 2.24) is 0 Å². The van der Waals surface area contributed by atoms with E-state index in [1.165, 1.54) is 18.2 Å². The van der Waals surface area contributed by atoms with Crippen molar-refractivity contribution < 1.29 is 23.4 Å². The number of esters is 1. The largest absolute Gasteiger partial charge is 0.463 e. The van der Waals surface area contributed by atoms with Crippen molar-refractivity contribution in [3.05, 3.63) is 40.2 Å². The van der Waals surface area contributed by atoms with Crippen molar-refractivity contribution in [2.75, 3.05) is 19.8 Å². The maximum atomic E-state index is 13.7. The molecule has 1 heterocycles. The quantitative estimate of drug-likeness (QED) is 0.436. The number of halogens is 2. The molecule has 22 heavy (non-hydrogen) atoms. The zero-order valence-electron chi connectivity index (χ0n) is 12.5. The van der Waals surface area contributed by atoms with Crippen LogP contribution in [0, 0.1) is 5.82 Å². The van der Waals surface area contributed by atoms with Gasteiger partial charge in [-0.3, -0.25) is 0 Å². The Labute approximate surface area is 133 Å². The van der Waals surface area contributed by atoms with Gasteiger partial charge in [0.25, 0.3) is 0 Å². The summed E-state index contributed by atoms with van der Waals surface area (Å²) in [7, 11) is 0. The van der Waals surface area contributed by atoms with Gasteiger partial charge in [-0.25, -0.2) is 9.18 Å². The fraction of sp³-hybridized carbons (Fsp3) is 0.438. The normalized spacial score (nSPS) is 18.5. The van der Waals surface area contributed by atoms with Crippen LogP contribution in [0.1, 0.15) is 31.1 Å². The SMILES string of the molecule is CCOC(=O)C=Cc1cc(Cl)c(F)cc1[C@@H](C)OC[C@H]1CO1. The highest BCUT2D eigenvalue weighted by molar-refractivity contribution is 6.30. The lowest BCUT2D eigenvalue weighted by molar-refractivity contribution is -0.137. The summed E-state index contributed by atoms with van der Waals surface area (Å²) in [5.74, 6) is -0.989. The van der Waals surface area contributed by atoms with E-state index in [1.54, 1.807) is 13.0 Å². The Balaban J connectivity index is 2.17. The molecule has 1 saturated heterocycles. The lowest BCUT2D eigenvalue weighted by atomic mass is 10.0. The van der Waals surface area contributed by atoms with Crippen molar-refractivity contribution in [3.63, 3.8) is 0 Å². The minimum absolute atomic E-state index is 0.00927. The van der Waals surface area contributed by atoms with Crippen LogP contribution in [0.25, 0.3) is 6.08 Å². The third kappa shape index (κ3) is 4.80. The third-order valence-corrected chi connectivity index (χ3v) is 3.47. The predicted octanol–water partition coefficient (Wildman–Crippen LogP) is 3.53. The molecule has 1 fully saturated rings. The number of carbonyl (C=O) groups is 1. The zero-order chi connectivity index (χ0) is 16.1. The van der Waals surface area contributed by atoms with Gasteiger partial charge in [-0.05, 0) is 43.2 Å². The Kier molecular flexibility index (Phi) is 5.94.